The highest BCUT2D eigenvalue weighted by atomic mass is 19.4. The lowest BCUT2D eigenvalue weighted by Gasteiger charge is -2.38. The van der Waals surface area contributed by atoms with Crippen LogP contribution >= 0.6 is 0 Å². The third-order valence-corrected chi connectivity index (χ3v) is 4.17. The van der Waals surface area contributed by atoms with Gasteiger partial charge in [0.1, 0.15) is 0 Å². The fraction of sp³-hybridized carbons (Fsp3) is 0.600. The van der Waals surface area contributed by atoms with E-state index < -0.39 is 34.9 Å². The van der Waals surface area contributed by atoms with Crippen molar-refractivity contribution in [3.63, 3.8) is 0 Å². The van der Waals surface area contributed by atoms with Gasteiger partial charge in [-0.05, 0) is 23.0 Å². The molecule has 0 fully saturated rings. The lowest BCUT2D eigenvalue weighted by atomic mass is 9.78. The molecular formula is C15H16F8O. The predicted molar refractivity (Wildman–Crippen MR) is 70.7 cm³/mol. The van der Waals surface area contributed by atoms with E-state index in [-0.39, 0.29) is 5.56 Å². The van der Waals surface area contributed by atoms with Crippen LogP contribution in [0, 0.1) is 0 Å². The van der Waals surface area contributed by atoms with Crippen molar-refractivity contribution in [3.05, 3.63) is 35.4 Å². The molecule has 9 heteroatoms. The number of alkyl halides is 8. The van der Waals surface area contributed by atoms with E-state index in [9.17, 15) is 40.2 Å². The summed E-state index contributed by atoms with van der Waals surface area (Å²) in [6.45, 7) is 4.84. The fourth-order valence-electron chi connectivity index (χ4n) is 2.10. The number of hydrogen-bond donors (Lipinski definition) is 1. The third kappa shape index (κ3) is 3.10. The Bertz CT molecular complexity index is 588. The van der Waals surface area contributed by atoms with Gasteiger partial charge in [-0.15, -0.1) is 0 Å². The van der Waals surface area contributed by atoms with E-state index in [1.54, 1.807) is 20.8 Å². The predicted octanol–water partition coefficient (Wildman–Crippen LogP) is 5.32. The molecule has 0 spiro atoms. The summed E-state index contributed by atoms with van der Waals surface area (Å²) in [7, 11) is 0. The molecule has 1 aromatic carbocycles. The molecule has 1 aromatic rings. The summed E-state index contributed by atoms with van der Waals surface area (Å²) in [6.07, 6.45) is -12.5. The Morgan fingerprint density at radius 3 is 1.67 bits per heavy atom. The van der Waals surface area contributed by atoms with E-state index in [0.717, 1.165) is 6.07 Å². The van der Waals surface area contributed by atoms with Crippen LogP contribution in [0.1, 0.15) is 38.3 Å². The van der Waals surface area contributed by atoms with Gasteiger partial charge in [0.25, 0.3) is 5.60 Å². The van der Waals surface area contributed by atoms with Gasteiger partial charge < -0.3 is 5.11 Å². The zero-order chi connectivity index (χ0) is 19.2. The van der Waals surface area contributed by atoms with Gasteiger partial charge in [-0.3, -0.25) is 0 Å². The first-order valence-corrected chi connectivity index (χ1v) is 6.87. The van der Waals surface area contributed by atoms with Crippen molar-refractivity contribution in [3.8, 4) is 0 Å². The minimum atomic E-state index is -6.59. The lowest BCUT2D eigenvalue weighted by Crippen LogP contribution is -2.62. The molecule has 0 aromatic heterocycles. The maximum atomic E-state index is 13.6. The van der Waals surface area contributed by atoms with Gasteiger partial charge in [0.2, 0.25) is 0 Å². The number of aliphatic hydroxyl groups is 1. The normalized spacial score (nSPS) is 16.8. The molecule has 1 unspecified atom stereocenters. The molecule has 0 aliphatic carbocycles. The van der Waals surface area contributed by atoms with Crippen LogP contribution in [-0.4, -0.2) is 23.4 Å². The lowest BCUT2D eigenvalue weighted by molar-refractivity contribution is -0.409. The second kappa shape index (κ2) is 5.86. The largest absolute Gasteiger partial charge is 0.457 e. The summed E-state index contributed by atoms with van der Waals surface area (Å²) < 4.78 is 104. The van der Waals surface area contributed by atoms with Crippen LogP contribution in [0.5, 0.6) is 0 Å². The molecule has 24 heavy (non-hydrogen) atoms. The molecule has 138 valence electrons. The first kappa shape index (κ1) is 20.7. The quantitative estimate of drug-likeness (QED) is 0.717. The monoisotopic (exact) mass is 364 g/mol. The van der Waals surface area contributed by atoms with Crippen molar-refractivity contribution in [2.45, 2.75) is 56.5 Å². The van der Waals surface area contributed by atoms with Gasteiger partial charge in [0, 0.05) is 0 Å². The average molecular weight is 364 g/mol. The standard InChI is InChI=1S/C15H16F8O/c1-4-11(2,3)9-6-5-7-10(8-9)12(24,14(18,19)20)13(16,17)15(21,22)23/h5-8,24H,4H2,1-3H3. The van der Waals surface area contributed by atoms with Crippen LogP contribution in [0.15, 0.2) is 24.3 Å². The highest BCUT2D eigenvalue weighted by Gasteiger charge is 2.80. The van der Waals surface area contributed by atoms with Crippen LogP contribution in [0.2, 0.25) is 0 Å². The van der Waals surface area contributed by atoms with Gasteiger partial charge in [-0.2, -0.15) is 35.1 Å². The number of benzene rings is 1. The van der Waals surface area contributed by atoms with Gasteiger partial charge in [0.15, 0.2) is 0 Å². The van der Waals surface area contributed by atoms with Crippen LogP contribution < -0.4 is 0 Å². The second-order valence-corrected chi connectivity index (χ2v) is 6.10. The molecule has 1 nitrogen and oxygen atoms in total. The van der Waals surface area contributed by atoms with E-state index in [0.29, 0.717) is 18.6 Å². The maximum Gasteiger partial charge on any atom is 0.457 e. The van der Waals surface area contributed by atoms with Crippen LogP contribution in [0.3, 0.4) is 0 Å². The van der Waals surface area contributed by atoms with Gasteiger partial charge in [0.05, 0.1) is 0 Å². The van der Waals surface area contributed by atoms with Crippen molar-refractivity contribution in [2.75, 3.05) is 0 Å². The zero-order valence-electron chi connectivity index (χ0n) is 13.0. The Morgan fingerprint density at radius 1 is 0.833 bits per heavy atom. The number of halogens is 8. The highest BCUT2D eigenvalue weighted by Crippen LogP contribution is 2.55. The molecule has 1 N–H and O–H groups in total. The SMILES string of the molecule is CCC(C)(C)c1cccc(C(O)(C(F)(F)F)C(F)(F)C(F)(F)F)c1. The Hall–Kier alpha value is -1.38. The van der Waals surface area contributed by atoms with E-state index in [1.165, 1.54) is 6.07 Å². The molecule has 0 heterocycles. The minimum Gasteiger partial charge on any atom is -0.371 e. The van der Waals surface area contributed by atoms with Crippen LogP contribution in [-0.2, 0) is 11.0 Å². The topological polar surface area (TPSA) is 20.2 Å². The molecule has 1 rings (SSSR count). The summed E-state index contributed by atoms with van der Waals surface area (Å²) in [4.78, 5) is 0. The van der Waals surface area contributed by atoms with Gasteiger partial charge in [-0.25, -0.2) is 0 Å². The van der Waals surface area contributed by atoms with Gasteiger partial charge >= 0.3 is 18.3 Å². The smallest absolute Gasteiger partial charge is 0.371 e. The Kier molecular flexibility index (Phi) is 5.04. The Balaban J connectivity index is 3.70. The average Bonchev–Trinajstić information content (AvgIpc) is 2.43. The van der Waals surface area contributed by atoms with Crippen molar-refractivity contribution < 1.29 is 40.2 Å². The first-order valence-electron chi connectivity index (χ1n) is 6.87. The molecule has 0 saturated heterocycles. The Labute approximate surface area is 133 Å². The number of rotatable bonds is 4. The summed E-state index contributed by atoms with van der Waals surface area (Å²) >= 11 is 0. The highest BCUT2D eigenvalue weighted by molar-refractivity contribution is 5.35. The molecule has 0 amide bonds. The minimum absolute atomic E-state index is 0.100. The van der Waals surface area contributed by atoms with Crippen molar-refractivity contribution in [1.82, 2.24) is 0 Å². The first-order chi connectivity index (χ1) is 10.5. The summed E-state index contributed by atoms with van der Waals surface area (Å²) in [5.41, 5.74) is -7.63. The molecule has 0 bridgehead atoms. The maximum absolute atomic E-state index is 13.6. The summed E-state index contributed by atoms with van der Waals surface area (Å²) in [5, 5.41) is 9.55. The Morgan fingerprint density at radius 2 is 1.29 bits per heavy atom. The summed E-state index contributed by atoms with van der Waals surface area (Å²) in [6, 6.07) is 3.15. The third-order valence-electron chi connectivity index (χ3n) is 4.17. The molecule has 0 aliphatic rings. The van der Waals surface area contributed by atoms with E-state index in [1.807, 2.05) is 0 Å². The van der Waals surface area contributed by atoms with Crippen molar-refractivity contribution >= 4 is 0 Å². The molecule has 0 radical (unpaired) electrons. The second-order valence-electron chi connectivity index (χ2n) is 6.10. The van der Waals surface area contributed by atoms with Gasteiger partial charge in [-0.1, -0.05) is 45.0 Å². The molecular weight excluding hydrogens is 348 g/mol. The molecule has 1 atom stereocenters. The van der Waals surface area contributed by atoms with Crippen molar-refractivity contribution in [2.24, 2.45) is 0 Å². The van der Waals surface area contributed by atoms with E-state index in [4.69, 9.17) is 0 Å². The fourth-order valence-corrected chi connectivity index (χ4v) is 2.10. The van der Waals surface area contributed by atoms with E-state index in [2.05, 4.69) is 0 Å². The van der Waals surface area contributed by atoms with Crippen LogP contribution in [0.25, 0.3) is 0 Å². The summed E-state index contributed by atoms with van der Waals surface area (Å²) in [5.74, 6) is -6.42. The number of hydrogen-bond acceptors (Lipinski definition) is 1. The van der Waals surface area contributed by atoms with E-state index >= 15 is 0 Å². The van der Waals surface area contributed by atoms with Crippen molar-refractivity contribution in [1.29, 1.82) is 0 Å². The molecule has 0 saturated carbocycles. The van der Waals surface area contributed by atoms with Crippen LogP contribution in [0.4, 0.5) is 35.1 Å². The zero-order valence-corrected chi connectivity index (χ0v) is 13.0. The molecule has 0 aliphatic heterocycles.